The van der Waals surface area contributed by atoms with Crippen LogP contribution in [0.2, 0.25) is 0 Å². The minimum absolute atomic E-state index is 0.214. The second-order valence-electron chi connectivity index (χ2n) is 10.3. The molecule has 0 aliphatic rings. The fraction of sp³-hybridized carbons (Fsp3) is 0.167. The first kappa shape index (κ1) is 20.3. The molecular formula is C36H31N2O+. The Kier molecular flexibility index (Phi) is 4.98. The molecule has 0 unspecified atom stereocenters. The van der Waals surface area contributed by atoms with E-state index in [-0.39, 0.29) is 5.56 Å². The van der Waals surface area contributed by atoms with Crippen molar-refractivity contribution in [1.82, 2.24) is 0 Å². The maximum absolute atomic E-state index is 10.2. The van der Waals surface area contributed by atoms with Gasteiger partial charge < -0.3 is 4.42 Å². The molecule has 0 aliphatic carbocycles. The smallest absolute Gasteiger partial charge is 0.216 e. The lowest BCUT2D eigenvalue weighted by Gasteiger charge is -2.11. The Balaban J connectivity index is 1.66. The summed E-state index contributed by atoms with van der Waals surface area (Å²) >= 11 is 0. The first-order valence-electron chi connectivity index (χ1n) is 15.0. The van der Waals surface area contributed by atoms with Gasteiger partial charge in [-0.15, -0.1) is 0 Å². The van der Waals surface area contributed by atoms with E-state index in [4.69, 9.17) is 9.90 Å². The average Bonchev–Trinajstić information content (AvgIpc) is 3.34. The standard InChI is InChI=1S/C36H31N2O/c1-22(2)26-17-18-38(5)32(20-26)33-23(3)11-14-30-31-16-13-28(21-37)34(36(31)39-35(30)33)27-12-15-29(24(4)19-27)25-9-7-6-8-10-25/h6-20,22H,1-5H3/q+1/i4D3,22D. The maximum Gasteiger partial charge on any atom is 0.216 e. The number of nitrogens with zero attached hydrogens (tertiary/aromatic N) is 2. The van der Waals surface area contributed by atoms with Crippen molar-refractivity contribution in [2.75, 3.05) is 0 Å². The minimum atomic E-state index is -2.37. The Hall–Kier alpha value is -4.68. The molecule has 0 atom stereocenters. The normalized spacial score (nSPS) is 13.5. The quantitative estimate of drug-likeness (QED) is 0.222. The van der Waals surface area contributed by atoms with Crippen LogP contribution in [0.25, 0.3) is 55.4 Å². The third-order valence-corrected chi connectivity index (χ3v) is 7.51. The van der Waals surface area contributed by atoms with Crippen molar-refractivity contribution in [3.8, 4) is 39.6 Å². The number of furan rings is 1. The van der Waals surface area contributed by atoms with Crippen molar-refractivity contribution in [2.24, 2.45) is 7.05 Å². The monoisotopic (exact) mass is 511 g/mol. The molecule has 39 heavy (non-hydrogen) atoms. The van der Waals surface area contributed by atoms with Gasteiger partial charge in [0.2, 0.25) is 5.69 Å². The Morgan fingerprint density at radius 2 is 1.59 bits per heavy atom. The number of rotatable bonds is 4. The van der Waals surface area contributed by atoms with Gasteiger partial charge >= 0.3 is 0 Å². The first-order valence-corrected chi connectivity index (χ1v) is 13.0. The third-order valence-electron chi connectivity index (χ3n) is 7.51. The zero-order valence-corrected chi connectivity index (χ0v) is 22.5. The molecule has 2 aromatic heterocycles. The van der Waals surface area contributed by atoms with Crippen molar-refractivity contribution in [3.63, 3.8) is 0 Å². The molecule has 0 aliphatic heterocycles. The van der Waals surface area contributed by atoms with E-state index in [2.05, 4.69) is 12.1 Å². The van der Waals surface area contributed by atoms with E-state index in [1.165, 1.54) is 0 Å². The second-order valence-corrected chi connectivity index (χ2v) is 10.3. The van der Waals surface area contributed by atoms with E-state index in [9.17, 15) is 5.26 Å². The summed E-state index contributed by atoms with van der Waals surface area (Å²) in [5.41, 5.74) is 8.16. The summed E-state index contributed by atoms with van der Waals surface area (Å²) in [6, 6.07) is 28.9. The molecule has 2 heterocycles. The Labute approximate surface area is 235 Å². The van der Waals surface area contributed by atoms with E-state index >= 15 is 0 Å². The number of benzene rings is 4. The lowest BCUT2D eigenvalue weighted by Crippen LogP contribution is -2.31. The van der Waals surface area contributed by atoms with E-state index in [0.29, 0.717) is 33.4 Å². The summed E-state index contributed by atoms with van der Waals surface area (Å²) < 4.78 is 42.3. The van der Waals surface area contributed by atoms with Crippen LogP contribution in [-0.2, 0) is 7.05 Å². The van der Waals surface area contributed by atoms with E-state index in [0.717, 1.165) is 38.7 Å². The van der Waals surface area contributed by atoms with Crippen molar-refractivity contribution in [3.05, 3.63) is 113 Å². The van der Waals surface area contributed by atoms with Crippen LogP contribution in [-0.4, -0.2) is 0 Å². The molecule has 0 spiro atoms. The van der Waals surface area contributed by atoms with Gasteiger partial charge in [0.25, 0.3) is 0 Å². The summed E-state index contributed by atoms with van der Waals surface area (Å²) in [5.74, 6) is -0.778. The molecule has 6 aromatic rings. The zero-order chi connectivity index (χ0) is 30.7. The van der Waals surface area contributed by atoms with E-state index < -0.39 is 12.7 Å². The molecule has 0 bridgehead atoms. The molecule has 0 saturated heterocycles. The van der Waals surface area contributed by atoms with Crippen LogP contribution >= 0.6 is 0 Å². The van der Waals surface area contributed by atoms with Gasteiger partial charge in [-0.3, -0.25) is 0 Å². The molecule has 6 rings (SSSR count). The van der Waals surface area contributed by atoms with E-state index in [1.807, 2.05) is 105 Å². The van der Waals surface area contributed by atoms with Crippen molar-refractivity contribution >= 4 is 21.9 Å². The van der Waals surface area contributed by atoms with Crippen LogP contribution in [0.3, 0.4) is 0 Å². The zero-order valence-electron chi connectivity index (χ0n) is 26.5. The predicted octanol–water partition coefficient (Wildman–Crippen LogP) is 9.02. The summed E-state index contributed by atoms with van der Waals surface area (Å²) in [6.45, 7) is 3.40. The highest BCUT2D eigenvalue weighted by atomic mass is 16.3. The molecule has 3 nitrogen and oxygen atoms in total. The molecule has 190 valence electrons. The highest BCUT2D eigenvalue weighted by Gasteiger charge is 2.24. The van der Waals surface area contributed by atoms with Crippen LogP contribution in [0, 0.1) is 25.1 Å². The number of nitriles is 1. The molecule has 0 radical (unpaired) electrons. The second kappa shape index (κ2) is 9.57. The Morgan fingerprint density at radius 1 is 0.846 bits per heavy atom. The van der Waals surface area contributed by atoms with Gasteiger partial charge in [-0.2, -0.15) is 5.26 Å². The first-order chi connectivity index (χ1) is 20.4. The van der Waals surface area contributed by atoms with Gasteiger partial charge in [-0.1, -0.05) is 74.5 Å². The van der Waals surface area contributed by atoms with Gasteiger partial charge in [0.05, 0.1) is 17.2 Å². The topological polar surface area (TPSA) is 40.8 Å². The number of hydrogen-bond donors (Lipinski definition) is 0. The number of aromatic nitrogens is 1. The molecule has 3 heteroatoms. The Morgan fingerprint density at radius 3 is 2.31 bits per heavy atom. The van der Waals surface area contributed by atoms with Crippen LogP contribution in [0.4, 0.5) is 0 Å². The maximum atomic E-state index is 10.2. The summed E-state index contributed by atoms with van der Waals surface area (Å²) in [6.07, 6.45) is 1.96. The van der Waals surface area contributed by atoms with Crippen molar-refractivity contribution < 1.29 is 14.5 Å². The predicted molar refractivity (Wildman–Crippen MR) is 159 cm³/mol. The lowest BCUT2D eigenvalue weighted by molar-refractivity contribution is -0.660. The van der Waals surface area contributed by atoms with Gasteiger partial charge in [-0.05, 0) is 65.2 Å². The molecule has 0 amide bonds. The molecule has 0 N–H and O–H groups in total. The van der Waals surface area contributed by atoms with Gasteiger partial charge in [0, 0.05) is 34.0 Å². The highest BCUT2D eigenvalue weighted by molar-refractivity contribution is 6.14. The third kappa shape index (κ3) is 4.10. The van der Waals surface area contributed by atoms with Crippen LogP contribution in [0.5, 0.6) is 0 Å². The van der Waals surface area contributed by atoms with Crippen LogP contribution in [0.15, 0.2) is 95.5 Å². The Bertz CT molecular complexity index is 2080. The number of pyridine rings is 1. The number of aryl methyl sites for hydroxylation is 3. The van der Waals surface area contributed by atoms with E-state index in [1.54, 1.807) is 12.1 Å². The van der Waals surface area contributed by atoms with Crippen molar-refractivity contribution in [2.45, 2.75) is 33.5 Å². The fourth-order valence-electron chi connectivity index (χ4n) is 5.40. The average molecular weight is 512 g/mol. The van der Waals surface area contributed by atoms with Crippen LogP contribution < -0.4 is 4.57 Å². The van der Waals surface area contributed by atoms with Crippen LogP contribution in [0.1, 0.15) is 47.5 Å². The largest absolute Gasteiger partial charge is 0.454 e. The molecular weight excluding hydrogens is 476 g/mol. The van der Waals surface area contributed by atoms with Gasteiger partial charge in [0.15, 0.2) is 6.20 Å². The summed E-state index contributed by atoms with van der Waals surface area (Å²) in [4.78, 5) is 0. The SMILES string of the molecule is [2H]C([2H])([2H])c1cc(-c2c(C#N)ccc3c2oc2c(-c4cc(C([2H])(C)C)cc[n+]4C)c(C)ccc23)ccc1-c1ccccc1. The van der Waals surface area contributed by atoms with Gasteiger partial charge in [-0.25, -0.2) is 4.57 Å². The molecule has 0 saturated carbocycles. The van der Waals surface area contributed by atoms with Crippen molar-refractivity contribution in [1.29, 1.82) is 5.26 Å². The van der Waals surface area contributed by atoms with Gasteiger partial charge in [0.1, 0.15) is 18.2 Å². The number of hydrogen-bond acceptors (Lipinski definition) is 2. The summed E-state index contributed by atoms with van der Waals surface area (Å²) in [7, 11) is 1.97. The minimum Gasteiger partial charge on any atom is -0.454 e. The fourth-order valence-corrected chi connectivity index (χ4v) is 5.40. The molecule has 0 fully saturated rings. The lowest BCUT2D eigenvalue weighted by atomic mass is 9.92. The molecule has 4 aromatic carbocycles. The highest BCUT2D eigenvalue weighted by Crippen LogP contribution is 2.42. The number of fused-ring (bicyclic) bond motifs is 3. The summed E-state index contributed by atoms with van der Waals surface area (Å²) in [5, 5.41) is 11.9.